The maximum atomic E-state index is 12.4. The van der Waals surface area contributed by atoms with Crippen LogP contribution >= 0.6 is 0 Å². The Bertz CT molecular complexity index is 178. The highest BCUT2D eigenvalue weighted by atomic mass is 19.1. The van der Waals surface area contributed by atoms with E-state index in [4.69, 9.17) is 5.73 Å². The maximum Gasteiger partial charge on any atom is 0.332 e. The van der Waals surface area contributed by atoms with Crippen molar-refractivity contribution in [2.75, 3.05) is 6.61 Å². The zero-order valence-electron chi connectivity index (χ0n) is 7.34. The van der Waals surface area contributed by atoms with Crippen LogP contribution in [0.25, 0.3) is 0 Å². The van der Waals surface area contributed by atoms with Gasteiger partial charge in [0.1, 0.15) is 6.17 Å². The Labute approximate surface area is 71.4 Å². The average molecular weight is 175 g/mol. The van der Waals surface area contributed by atoms with Crippen molar-refractivity contribution in [2.24, 2.45) is 5.73 Å². The molecule has 0 bridgehead atoms. The molecule has 0 saturated carbocycles. The number of rotatable bonds is 4. The van der Waals surface area contributed by atoms with Gasteiger partial charge in [-0.15, -0.1) is 0 Å². The average Bonchev–Trinajstić information content (AvgIpc) is 2.00. The highest BCUT2D eigenvalue weighted by Crippen LogP contribution is 1.98. The van der Waals surface area contributed by atoms with E-state index >= 15 is 0 Å². The molecule has 12 heavy (non-hydrogen) atoms. The first-order valence-corrected chi connectivity index (χ1v) is 3.85. The van der Waals surface area contributed by atoms with Gasteiger partial charge in [0.2, 0.25) is 0 Å². The summed E-state index contributed by atoms with van der Waals surface area (Å²) in [5.74, 6) is -0.584. The molecule has 1 atom stereocenters. The number of halogens is 1. The molecule has 4 heteroatoms. The molecule has 0 spiro atoms. The molecule has 0 amide bonds. The van der Waals surface area contributed by atoms with Crippen molar-refractivity contribution < 1.29 is 13.9 Å². The summed E-state index contributed by atoms with van der Waals surface area (Å²) in [6, 6.07) is 0. The second-order valence-electron chi connectivity index (χ2n) is 2.43. The monoisotopic (exact) mass is 175 g/mol. The molecule has 0 aliphatic rings. The van der Waals surface area contributed by atoms with Crippen LogP contribution in [-0.2, 0) is 9.53 Å². The number of ether oxygens (including phenoxy) is 1. The lowest BCUT2D eigenvalue weighted by Crippen LogP contribution is -2.12. The van der Waals surface area contributed by atoms with Gasteiger partial charge in [-0.25, -0.2) is 9.18 Å². The van der Waals surface area contributed by atoms with Crippen LogP contribution in [0.15, 0.2) is 11.8 Å². The standard InChI is InChI=1S/C8H14FNO2/c1-3-4-12-8(11)5-7(10)6(2)9/h5-6H,3-4,10H2,1-2H3. The fourth-order valence-electron chi connectivity index (χ4n) is 0.495. The van der Waals surface area contributed by atoms with E-state index in [-0.39, 0.29) is 5.70 Å². The maximum absolute atomic E-state index is 12.4. The predicted octanol–water partition coefficient (Wildman–Crippen LogP) is 1.14. The van der Waals surface area contributed by atoms with E-state index in [1.165, 1.54) is 6.92 Å². The summed E-state index contributed by atoms with van der Waals surface area (Å²) < 4.78 is 17.0. The minimum Gasteiger partial charge on any atom is -0.462 e. The van der Waals surface area contributed by atoms with Gasteiger partial charge in [-0.2, -0.15) is 0 Å². The fourth-order valence-corrected chi connectivity index (χ4v) is 0.495. The molecule has 0 fully saturated rings. The smallest absolute Gasteiger partial charge is 0.332 e. The zero-order valence-corrected chi connectivity index (χ0v) is 7.34. The Hall–Kier alpha value is -1.06. The Morgan fingerprint density at radius 3 is 2.75 bits per heavy atom. The van der Waals surface area contributed by atoms with Crippen molar-refractivity contribution in [3.8, 4) is 0 Å². The highest BCUT2D eigenvalue weighted by molar-refractivity contribution is 5.82. The Morgan fingerprint density at radius 1 is 1.75 bits per heavy atom. The van der Waals surface area contributed by atoms with Gasteiger partial charge < -0.3 is 10.5 Å². The minimum atomic E-state index is -1.31. The van der Waals surface area contributed by atoms with E-state index < -0.39 is 12.1 Å². The molecular formula is C8H14FNO2. The summed E-state index contributed by atoms with van der Waals surface area (Å²) >= 11 is 0. The van der Waals surface area contributed by atoms with Gasteiger partial charge in [-0.05, 0) is 13.3 Å². The molecule has 1 unspecified atom stereocenters. The van der Waals surface area contributed by atoms with Crippen LogP contribution < -0.4 is 5.73 Å². The highest BCUT2D eigenvalue weighted by Gasteiger charge is 2.04. The second kappa shape index (κ2) is 5.57. The molecule has 0 radical (unpaired) electrons. The van der Waals surface area contributed by atoms with Gasteiger partial charge in [0.25, 0.3) is 0 Å². The molecule has 0 rings (SSSR count). The number of allylic oxidation sites excluding steroid dienone is 1. The van der Waals surface area contributed by atoms with E-state index in [2.05, 4.69) is 4.74 Å². The summed E-state index contributed by atoms with van der Waals surface area (Å²) in [4.78, 5) is 10.8. The lowest BCUT2D eigenvalue weighted by molar-refractivity contribution is -0.137. The third kappa shape index (κ3) is 4.71. The van der Waals surface area contributed by atoms with Gasteiger partial charge >= 0.3 is 5.97 Å². The van der Waals surface area contributed by atoms with Crippen LogP contribution in [-0.4, -0.2) is 18.7 Å². The van der Waals surface area contributed by atoms with Gasteiger partial charge in [0, 0.05) is 11.8 Å². The Balaban J connectivity index is 3.88. The van der Waals surface area contributed by atoms with Crippen molar-refractivity contribution >= 4 is 5.97 Å². The number of alkyl halides is 1. The van der Waals surface area contributed by atoms with Crippen molar-refractivity contribution in [1.82, 2.24) is 0 Å². The molecule has 0 aliphatic carbocycles. The third-order valence-corrected chi connectivity index (χ3v) is 1.19. The minimum absolute atomic E-state index is 0.101. The summed E-state index contributed by atoms with van der Waals surface area (Å²) in [5.41, 5.74) is 5.07. The topological polar surface area (TPSA) is 52.3 Å². The van der Waals surface area contributed by atoms with Crippen molar-refractivity contribution in [1.29, 1.82) is 0 Å². The number of hydrogen-bond acceptors (Lipinski definition) is 3. The molecule has 0 aliphatic heterocycles. The molecular weight excluding hydrogens is 161 g/mol. The first-order chi connectivity index (χ1) is 5.57. The Kier molecular flexibility index (Phi) is 5.08. The molecule has 70 valence electrons. The van der Waals surface area contributed by atoms with Crippen LogP contribution in [0.5, 0.6) is 0 Å². The van der Waals surface area contributed by atoms with Crippen molar-refractivity contribution in [2.45, 2.75) is 26.4 Å². The van der Waals surface area contributed by atoms with E-state index in [1.807, 2.05) is 6.92 Å². The molecule has 0 aromatic carbocycles. The number of nitrogens with two attached hydrogens (primary N) is 1. The quantitative estimate of drug-likeness (QED) is 0.515. The van der Waals surface area contributed by atoms with Gasteiger partial charge in [0.15, 0.2) is 0 Å². The lowest BCUT2D eigenvalue weighted by Gasteiger charge is -2.02. The first kappa shape index (κ1) is 10.9. The first-order valence-electron chi connectivity index (χ1n) is 3.85. The fraction of sp³-hybridized carbons (Fsp3) is 0.625. The van der Waals surface area contributed by atoms with Crippen LogP contribution in [0.1, 0.15) is 20.3 Å². The molecule has 0 aromatic rings. The van der Waals surface area contributed by atoms with Gasteiger partial charge in [-0.3, -0.25) is 0 Å². The number of carbonyl (C=O) groups excluding carboxylic acids is 1. The second-order valence-corrected chi connectivity index (χ2v) is 2.43. The van der Waals surface area contributed by atoms with Crippen molar-refractivity contribution in [3.05, 3.63) is 11.8 Å². The number of esters is 1. The van der Waals surface area contributed by atoms with Gasteiger partial charge in [0.05, 0.1) is 6.61 Å². The zero-order chi connectivity index (χ0) is 9.56. The van der Waals surface area contributed by atoms with Crippen LogP contribution in [0.4, 0.5) is 4.39 Å². The SMILES string of the molecule is CCCOC(=O)C=C(N)C(C)F. The number of carbonyl (C=O) groups is 1. The molecule has 0 saturated heterocycles. The summed E-state index contributed by atoms with van der Waals surface area (Å²) in [6.07, 6.45) is 0.407. The van der Waals surface area contributed by atoms with E-state index in [0.717, 1.165) is 12.5 Å². The predicted molar refractivity (Wildman–Crippen MR) is 44.1 cm³/mol. The lowest BCUT2D eigenvalue weighted by atomic mass is 10.3. The summed E-state index contributed by atoms with van der Waals surface area (Å²) in [5, 5.41) is 0. The number of hydrogen-bond donors (Lipinski definition) is 1. The van der Waals surface area contributed by atoms with E-state index in [0.29, 0.717) is 6.61 Å². The van der Waals surface area contributed by atoms with Crippen LogP contribution in [0, 0.1) is 0 Å². The van der Waals surface area contributed by atoms with Gasteiger partial charge in [-0.1, -0.05) is 6.92 Å². The van der Waals surface area contributed by atoms with Crippen molar-refractivity contribution in [3.63, 3.8) is 0 Å². The third-order valence-electron chi connectivity index (χ3n) is 1.19. The molecule has 0 heterocycles. The largest absolute Gasteiger partial charge is 0.462 e. The van der Waals surface area contributed by atoms with E-state index in [1.54, 1.807) is 0 Å². The molecule has 2 N–H and O–H groups in total. The molecule has 3 nitrogen and oxygen atoms in total. The normalized spacial score (nSPS) is 14.1. The van der Waals surface area contributed by atoms with E-state index in [9.17, 15) is 9.18 Å². The molecule has 0 aromatic heterocycles. The Morgan fingerprint density at radius 2 is 2.33 bits per heavy atom. The summed E-state index contributed by atoms with van der Waals surface area (Å²) in [7, 11) is 0. The van der Waals surface area contributed by atoms with Crippen LogP contribution in [0.3, 0.4) is 0 Å². The van der Waals surface area contributed by atoms with Crippen LogP contribution in [0.2, 0.25) is 0 Å². The summed E-state index contributed by atoms with van der Waals surface area (Å²) in [6.45, 7) is 3.47.